The minimum atomic E-state index is -1.99. The van der Waals surface area contributed by atoms with Crippen LogP contribution in [0.1, 0.15) is 112 Å². The summed E-state index contributed by atoms with van der Waals surface area (Å²) in [5.74, 6) is 4.56. The normalized spacial score (nSPS) is 40.2. The summed E-state index contributed by atoms with van der Waals surface area (Å²) in [6.07, 6.45) is 9.13. The minimum absolute atomic E-state index is 0.0808. The van der Waals surface area contributed by atoms with Crippen LogP contribution in [0.15, 0.2) is 0 Å². The second-order valence-electron chi connectivity index (χ2n) is 15.4. The third-order valence-corrected chi connectivity index (χ3v) is 13.4. The monoisotopic (exact) mass is 580 g/mol. The molecular weight excluding hydrogens is 520 g/mol. The van der Waals surface area contributed by atoms with Gasteiger partial charge in [0.05, 0.1) is 13.2 Å². The number of hydrogen-bond acceptors (Lipinski definition) is 7. The number of carbonyl (C=O) groups excluding carboxylic acids is 1. The number of aliphatic hydroxyl groups is 5. The van der Waals surface area contributed by atoms with Gasteiger partial charge >= 0.3 is 5.97 Å². The van der Waals surface area contributed by atoms with E-state index in [1.165, 1.54) is 64.2 Å². The van der Waals surface area contributed by atoms with Crippen molar-refractivity contribution in [2.75, 3.05) is 13.2 Å². The number of carbonyl (C=O) groups is 1. The van der Waals surface area contributed by atoms with E-state index in [0.717, 1.165) is 42.4 Å². The molecule has 4 aliphatic rings. The van der Waals surface area contributed by atoms with Gasteiger partial charge < -0.3 is 30.3 Å². The van der Waals surface area contributed by atoms with Crippen LogP contribution >= 0.6 is 0 Å². The first-order chi connectivity index (χ1) is 19.3. The average molecular weight is 581 g/mol. The largest absolute Gasteiger partial charge is 0.463 e. The van der Waals surface area contributed by atoms with Gasteiger partial charge in [-0.15, -0.1) is 0 Å². The van der Waals surface area contributed by atoms with Gasteiger partial charge in [-0.3, -0.25) is 0 Å². The van der Waals surface area contributed by atoms with Crippen molar-refractivity contribution >= 4 is 5.97 Å². The summed E-state index contributed by atoms with van der Waals surface area (Å²) in [7, 11) is 0. The van der Waals surface area contributed by atoms with Crippen LogP contribution in [-0.2, 0) is 9.53 Å². The second kappa shape index (κ2) is 13.5. The summed E-state index contributed by atoms with van der Waals surface area (Å²) in [5.41, 5.74) is 1.06. The van der Waals surface area contributed by atoms with E-state index < -0.39 is 37.0 Å². The van der Waals surface area contributed by atoms with E-state index in [9.17, 15) is 25.2 Å². The van der Waals surface area contributed by atoms with E-state index in [1.54, 1.807) is 0 Å². The highest BCUT2D eigenvalue weighted by molar-refractivity contribution is 5.75. The first kappa shape index (κ1) is 33.2. The Labute approximate surface area is 248 Å². The van der Waals surface area contributed by atoms with Crippen molar-refractivity contribution in [1.29, 1.82) is 0 Å². The Hall–Kier alpha value is -0.730. The summed E-state index contributed by atoms with van der Waals surface area (Å²) < 4.78 is 5.26. The molecule has 4 fully saturated rings. The van der Waals surface area contributed by atoms with E-state index in [-0.39, 0.29) is 12.5 Å². The lowest BCUT2D eigenvalue weighted by atomic mass is 9.44. The molecule has 0 aliphatic heterocycles. The van der Waals surface area contributed by atoms with Crippen LogP contribution < -0.4 is 0 Å². The van der Waals surface area contributed by atoms with E-state index >= 15 is 0 Å². The Bertz CT molecular complexity index is 866. The van der Waals surface area contributed by atoms with Crippen molar-refractivity contribution in [1.82, 2.24) is 0 Å². The number of esters is 1. The highest BCUT2D eigenvalue weighted by atomic mass is 16.5. The molecule has 4 rings (SSSR count). The van der Waals surface area contributed by atoms with Gasteiger partial charge in [0.1, 0.15) is 18.3 Å². The third-order valence-electron chi connectivity index (χ3n) is 13.4. The van der Waals surface area contributed by atoms with E-state index in [2.05, 4.69) is 27.7 Å². The molecule has 0 spiro atoms. The Balaban J connectivity index is 1.25. The van der Waals surface area contributed by atoms with Crippen molar-refractivity contribution < 1.29 is 35.1 Å². The molecule has 0 radical (unpaired) electrons. The number of ether oxygens (including phenoxy) is 1. The number of aliphatic hydroxyl groups excluding tert-OH is 5. The van der Waals surface area contributed by atoms with Crippen LogP contribution in [0.2, 0.25) is 0 Å². The average Bonchev–Trinajstić information content (AvgIpc) is 3.33. The molecule has 0 heterocycles. The third kappa shape index (κ3) is 6.55. The molecule has 4 aliphatic carbocycles. The molecule has 41 heavy (non-hydrogen) atoms. The number of fused-ring (bicyclic) bond motifs is 5. The van der Waals surface area contributed by atoms with Gasteiger partial charge in [-0.2, -0.15) is 0 Å². The van der Waals surface area contributed by atoms with E-state index in [0.29, 0.717) is 22.7 Å². The zero-order chi connectivity index (χ0) is 30.1. The summed E-state index contributed by atoms with van der Waals surface area (Å²) in [4.78, 5) is 12.2. The van der Waals surface area contributed by atoms with E-state index in [4.69, 9.17) is 9.84 Å². The molecule has 0 aromatic heterocycles. The Morgan fingerprint density at radius 3 is 2.22 bits per heavy atom. The SMILES string of the molecule is CC(COC(=O)[C@H](O)[C@@H](O)[C@H](O)[C@H](O)CO)[C@@H](C)CC[C@@H](C)[C@H]1CC[C@H]2[C@@H]3CCC4CCCC[C@]4(C)[C@H]3CC[C@]12C. The van der Waals surface area contributed by atoms with Crippen LogP contribution in [-0.4, -0.2) is 69.1 Å². The predicted molar refractivity (Wildman–Crippen MR) is 159 cm³/mol. The lowest BCUT2D eigenvalue weighted by molar-refractivity contribution is -0.171. The first-order valence-corrected chi connectivity index (χ1v) is 16.8. The summed E-state index contributed by atoms with van der Waals surface area (Å²) in [5, 5.41) is 48.1. The minimum Gasteiger partial charge on any atom is -0.463 e. The molecule has 0 aromatic carbocycles. The fourth-order valence-corrected chi connectivity index (χ4v) is 10.4. The Morgan fingerprint density at radius 1 is 0.805 bits per heavy atom. The predicted octanol–water partition coefficient (Wildman–Crippen LogP) is 4.70. The highest BCUT2D eigenvalue weighted by Crippen LogP contribution is 2.68. The topological polar surface area (TPSA) is 127 Å². The van der Waals surface area contributed by atoms with Crippen molar-refractivity contribution in [3.05, 3.63) is 0 Å². The van der Waals surface area contributed by atoms with Crippen LogP contribution in [0, 0.1) is 58.2 Å². The summed E-state index contributed by atoms with van der Waals surface area (Å²) in [6, 6.07) is 0. The molecule has 7 heteroatoms. The van der Waals surface area contributed by atoms with Gasteiger partial charge in [0.15, 0.2) is 6.10 Å². The molecule has 7 nitrogen and oxygen atoms in total. The number of rotatable bonds is 12. The zero-order valence-corrected chi connectivity index (χ0v) is 26.4. The fourth-order valence-electron chi connectivity index (χ4n) is 10.4. The molecule has 4 saturated carbocycles. The lowest BCUT2D eigenvalue weighted by Crippen LogP contribution is -2.53. The van der Waals surface area contributed by atoms with Crippen LogP contribution in [0.3, 0.4) is 0 Å². The molecule has 238 valence electrons. The van der Waals surface area contributed by atoms with Gasteiger partial charge in [0, 0.05) is 0 Å². The summed E-state index contributed by atoms with van der Waals surface area (Å²) >= 11 is 0. The van der Waals surface area contributed by atoms with Crippen molar-refractivity contribution in [2.45, 2.75) is 136 Å². The van der Waals surface area contributed by atoms with Crippen LogP contribution in [0.4, 0.5) is 0 Å². The first-order valence-electron chi connectivity index (χ1n) is 16.8. The molecule has 5 N–H and O–H groups in total. The van der Waals surface area contributed by atoms with Gasteiger partial charge in [-0.25, -0.2) is 4.79 Å². The standard InChI is InChI=1S/C34H60O7/c1-20(22(3)19-41-32(40)31(39)30(38)29(37)28(36)18-35)9-10-21(2)25-13-14-26-24-12-11-23-8-6-7-16-33(23,4)27(24)15-17-34(25,26)5/h20-31,35-39H,6-19H2,1-5H3/t20-,21+,22?,23?,24-,25+,26-,27-,28+,29+,30-,31+,33-,34+/m0/s1. The van der Waals surface area contributed by atoms with Gasteiger partial charge in [-0.1, -0.05) is 60.3 Å². The van der Waals surface area contributed by atoms with Crippen molar-refractivity contribution in [2.24, 2.45) is 58.2 Å². The molecule has 0 saturated heterocycles. The summed E-state index contributed by atoms with van der Waals surface area (Å²) in [6.45, 7) is 11.3. The fraction of sp³-hybridized carbons (Fsp3) is 0.971. The van der Waals surface area contributed by atoms with Crippen LogP contribution in [0.5, 0.6) is 0 Å². The van der Waals surface area contributed by atoms with Crippen LogP contribution in [0.25, 0.3) is 0 Å². The Kier molecular flexibility index (Phi) is 10.9. The molecule has 0 amide bonds. The maximum atomic E-state index is 12.2. The number of hydrogen-bond donors (Lipinski definition) is 5. The molecule has 14 atom stereocenters. The Morgan fingerprint density at radius 2 is 1.51 bits per heavy atom. The zero-order valence-electron chi connectivity index (χ0n) is 26.4. The smallest absolute Gasteiger partial charge is 0.337 e. The second-order valence-corrected chi connectivity index (χ2v) is 15.4. The maximum absolute atomic E-state index is 12.2. The molecule has 2 unspecified atom stereocenters. The van der Waals surface area contributed by atoms with Gasteiger partial charge in [-0.05, 0) is 110 Å². The van der Waals surface area contributed by atoms with Gasteiger partial charge in [0.2, 0.25) is 0 Å². The molecular formula is C34H60O7. The quantitative estimate of drug-likeness (QED) is 0.212. The van der Waals surface area contributed by atoms with Crippen molar-refractivity contribution in [3.63, 3.8) is 0 Å². The maximum Gasteiger partial charge on any atom is 0.337 e. The van der Waals surface area contributed by atoms with Gasteiger partial charge in [0.25, 0.3) is 0 Å². The lowest BCUT2D eigenvalue weighted by Gasteiger charge is -2.61. The molecule has 0 aromatic rings. The van der Waals surface area contributed by atoms with Crippen molar-refractivity contribution in [3.8, 4) is 0 Å². The van der Waals surface area contributed by atoms with E-state index in [1.807, 2.05) is 6.92 Å². The molecule has 0 bridgehead atoms. The highest BCUT2D eigenvalue weighted by Gasteiger charge is 2.60.